The second-order valence-electron chi connectivity index (χ2n) is 9.06. The third-order valence-electron chi connectivity index (χ3n) is 6.76. The van der Waals surface area contributed by atoms with Gasteiger partial charge in [0.05, 0.1) is 4.90 Å². The van der Waals surface area contributed by atoms with Crippen molar-refractivity contribution in [2.24, 2.45) is 0 Å². The minimum Gasteiger partial charge on any atom is -0.312 e. The largest absolute Gasteiger partial charge is 0.312 e. The highest BCUT2D eigenvalue weighted by Crippen LogP contribution is 2.31. The van der Waals surface area contributed by atoms with Gasteiger partial charge in [0.2, 0.25) is 15.9 Å². The average molecular weight is 456 g/mol. The Kier molecular flexibility index (Phi) is 6.70. The fourth-order valence-electron chi connectivity index (χ4n) is 5.06. The van der Waals surface area contributed by atoms with Gasteiger partial charge in [-0.1, -0.05) is 30.3 Å². The van der Waals surface area contributed by atoms with E-state index < -0.39 is 10.0 Å². The molecule has 172 valence electrons. The van der Waals surface area contributed by atoms with Gasteiger partial charge in [0.1, 0.15) is 0 Å². The van der Waals surface area contributed by atoms with Crippen molar-refractivity contribution in [2.75, 3.05) is 31.1 Å². The van der Waals surface area contributed by atoms with E-state index >= 15 is 0 Å². The van der Waals surface area contributed by atoms with Crippen LogP contribution in [0.1, 0.15) is 38.3 Å². The molecule has 2 heterocycles. The van der Waals surface area contributed by atoms with E-state index in [-0.39, 0.29) is 18.0 Å². The minimum atomic E-state index is -3.59. The Balaban J connectivity index is 1.48. The first kappa shape index (κ1) is 23.0. The molecule has 0 N–H and O–H groups in total. The molecule has 32 heavy (non-hydrogen) atoms. The lowest BCUT2D eigenvalue weighted by molar-refractivity contribution is -0.116. The van der Waals surface area contributed by atoms with E-state index in [2.05, 4.69) is 43.0 Å². The number of piperazine rings is 1. The van der Waals surface area contributed by atoms with Gasteiger partial charge in [-0.15, -0.1) is 0 Å². The molecule has 2 aromatic carbocycles. The lowest BCUT2D eigenvalue weighted by Gasteiger charge is -2.44. The average Bonchev–Trinajstić information content (AvgIpc) is 2.78. The fourth-order valence-corrected chi connectivity index (χ4v) is 6.71. The summed E-state index contributed by atoms with van der Waals surface area (Å²) in [6, 6.07) is 15.9. The van der Waals surface area contributed by atoms with Crippen molar-refractivity contribution in [3.8, 4) is 0 Å². The highest BCUT2D eigenvalue weighted by Gasteiger charge is 2.36. The van der Waals surface area contributed by atoms with Gasteiger partial charge < -0.3 is 4.90 Å². The number of hydrogen-bond donors (Lipinski definition) is 0. The standard InChI is InChI=1S/C25H33N3O3S/c1-19-17-26(18-20(2)27(19)15-13-22-8-5-4-6-9-22)32(30,31)24-11-12-25-23(16-24)10-7-14-28(25)21(3)29/h4-6,8-9,11-12,16,19-20H,7,10,13-15,17-18H2,1-3H3. The lowest BCUT2D eigenvalue weighted by atomic mass is 10.0. The van der Waals surface area contributed by atoms with Crippen molar-refractivity contribution in [1.82, 2.24) is 9.21 Å². The number of anilines is 1. The van der Waals surface area contributed by atoms with E-state index in [0.717, 1.165) is 37.1 Å². The molecule has 2 unspecified atom stereocenters. The van der Waals surface area contributed by atoms with Gasteiger partial charge in [-0.25, -0.2) is 8.42 Å². The van der Waals surface area contributed by atoms with Crippen LogP contribution in [0.25, 0.3) is 0 Å². The first-order valence-electron chi connectivity index (χ1n) is 11.5. The number of rotatable bonds is 5. The topological polar surface area (TPSA) is 60.9 Å². The maximum Gasteiger partial charge on any atom is 0.243 e. The molecule has 1 amide bonds. The van der Waals surface area contributed by atoms with E-state index in [0.29, 0.717) is 24.5 Å². The molecule has 0 aromatic heterocycles. The maximum atomic E-state index is 13.5. The number of carbonyl (C=O) groups is 1. The molecule has 4 rings (SSSR count). The molecule has 0 radical (unpaired) electrons. The molecule has 2 atom stereocenters. The second kappa shape index (κ2) is 9.33. The van der Waals surface area contributed by atoms with Crippen molar-refractivity contribution < 1.29 is 13.2 Å². The van der Waals surface area contributed by atoms with E-state index in [1.807, 2.05) is 6.07 Å². The zero-order valence-electron chi connectivity index (χ0n) is 19.2. The fraction of sp³-hybridized carbons (Fsp3) is 0.480. The zero-order valence-corrected chi connectivity index (χ0v) is 20.0. The summed E-state index contributed by atoms with van der Waals surface area (Å²) in [4.78, 5) is 16.4. The SMILES string of the molecule is CC(=O)N1CCCc2cc(S(=O)(=O)N3CC(C)N(CCc4ccccc4)C(C)C3)ccc21. The van der Waals surface area contributed by atoms with Crippen molar-refractivity contribution in [3.05, 3.63) is 59.7 Å². The van der Waals surface area contributed by atoms with E-state index in [1.54, 1.807) is 34.3 Å². The molecule has 7 heteroatoms. The normalized spacial score (nSPS) is 22.5. The highest BCUT2D eigenvalue weighted by atomic mass is 32.2. The Labute approximate surface area is 191 Å². The molecule has 2 aliphatic rings. The summed E-state index contributed by atoms with van der Waals surface area (Å²) < 4.78 is 28.6. The minimum absolute atomic E-state index is 0.00386. The number of amides is 1. The van der Waals surface area contributed by atoms with Gasteiger partial charge in [0, 0.05) is 50.9 Å². The van der Waals surface area contributed by atoms with Crippen LogP contribution in [0.4, 0.5) is 5.69 Å². The molecular weight excluding hydrogens is 422 g/mol. The number of sulfonamides is 1. The Morgan fingerprint density at radius 2 is 1.72 bits per heavy atom. The van der Waals surface area contributed by atoms with Crippen molar-refractivity contribution in [3.63, 3.8) is 0 Å². The Morgan fingerprint density at radius 1 is 1.03 bits per heavy atom. The summed E-state index contributed by atoms with van der Waals surface area (Å²) in [6.45, 7) is 8.35. The lowest BCUT2D eigenvalue weighted by Crippen LogP contribution is -2.58. The molecule has 0 bridgehead atoms. The van der Waals surface area contributed by atoms with Crippen LogP contribution >= 0.6 is 0 Å². The molecule has 0 spiro atoms. The van der Waals surface area contributed by atoms with Crippen molar-refractivity contribution in [2.45, 2.75) is 57.0 Å². The Hall–Kier alpha value is -2.22. The summed E-state index contributed by atoms with van der Waals surface area (Å²) >= 11 is 0. The first-order valence-corrected chi connectivity index (χ1v) is 12.9. The van der Waals surface area contributed by atoms with Crippen molar-refractivity contribution >= 4 is 21.6 Å². The van der Waals surface area contributed by atoms with Crippen LogP contribution in [0.5, 0.6) is 0 Å². The van der Waals surface area contributed by atoms with Crippen LogP contribution in [-0.2, 0) is 27.7 Å². The number of aryl methyl sites for hydroxylation is 1. The zero-order chi connectivity index (χ0) is 22.9. The van der Waals surface area contributed by atoms with Crippen LogP contribution in [0, 0.1) is 0 Å². The number of nitrogens with zero attached hydrogens (tertiary/aromatic N) is 3. The van der Waals surface area contributed by atoms with Gasteiger partial charge >= 0.3 is 0 Å². The number of hydrogen-bond acceptors (Lipinski definition) is 4. The van der Waals surface area contributed by atoms with Crippen LogP contribution < -0.4 is 4.90 Å². The Bertz CT molecular complexity index is 1060. The first-order chi connectivity index (χ1) is 15.3. The Morgan fingerprint density at radius 3 is 2.38 bits per heavy atom. The number of benzene rings is 2. The van der Waals surface area contributed by atoms with Gasteiger partial charge in [-0.3, -0.25) is 9.69 Å². The van der Waals surface area contributed by atoms with Crippen LogP contribution in [0.3, 0.4) is 0 Å². The van der Waals surface area contributed by atoms with Crippen LogP contribution in [0.15, 0.2) is 53.4 Å². The summed E-state index contributed by atoms with van der Waals surface area (Å²) in [5.41, 5.74) is 3.08. The third-order valence-corrected chi connectivity index (χ3v) is 8.58. The van der Waals surface area contributed by atoms with Gasteiger partial charge in [0.15, 0.2) is 0 Å². The third kappa shape index (κ3) is 4.60. The summed E-state index contributed by atoms with van der Waals surface area (Å²) in [5.74, 6) is -0.00386. The van der Waals surface area contributed by atoms with Crippen molar-refractivity contribution in [1.29, 1.82) is 0 Å². The maximum absolute atomic E-state index is 13.5. The van der Waals surface area contributed by atoms with E-state index in [1.165, 1.54) is 5.56 Å². The molecule has 2 aliphatic heterocycles. The van der Waals surface area contributed by atoms with E-state index in [9.17, 15) is 13.2 Å². The summed E-state index contributed by atoms with van der Waals surface area (Å²) in [7, 11) is -3.59. The highest BCUT2D eigenvalue weighted by molar-refractivity contribution is 7.89. The van der Waals surface area contributed by atoms with Gasteiger partial charge in [0.25, 0.3) is 0 Å². The molecule has 1 fully saturated rings. The summed E-state index contributed by atoms with van der Waals surface area (Å²) in [5, 5.41) is 0. The van der Waals surface area contributed by atoms with E-state index in [4.69, 9.17) is 0 Å². The molecular formula is C25H33N3O3S. The number of carbonyl (C=O) groups excluding carboxylic acids is 1. The molecule has 0 saturated carbocycles. The smallest absolute Gasteiger partial charge is 0.243 e. The van der Waals surface area contributed by atoms with Gasteiger partial charge in [-0.2, -0.15) is 4.31 Å². The monoisotopic (exact) mass is 455 g/mol. The summed E-state index contributed by atoms with van der Waals surface area (Å²) in [6.07, 6.45) is 2.60. The van der Waals surface area contributed by atoms with Crippen LogP contribution in [0.2, 0.25) is 0 Å². The van der Waals surface area contributed by atoms with Gasteiger partial charge in [-0.05, 0) is 62.4 Å². The number of fused-ring (bicyclic) bond motifs is 1. The molecule has 2 aromatic rings. The molecule has 0 aliphatic carbocycles. The second-order valence-corrected chi connectivity index (χ2v) is 11.0. The predicted octanol–water partition coefficient (Wildman–Crippen LogP) is 3.31. The predicted molar refractivity (Wildman–Crippen MR) is 127 cm³/mol. The molecule has 1 saturated heterocycles. The quantitative estimate of drug-likeness (QED) is 0.694. The molecule has 6 nitrogen and oxygen atoms in total. The van der Waals surface area contributed by atoms with Crippen LogP contribution in [-0.4, -0.2) is 61.8 Å².